The fourth-order valence-electron chi connectivity index (χ4n) is 3.23. The van der Waals surface area contributed by atoms with E-state index in [0.29, 0.717) is 16.2 Å². The molecule has 0 aromatic heterocycles. The molecule has 1 unspecified atom stereocenters. The van der Waals surface area contributed by atoms with Crippen LogP contribution < -0.4 is 10.6 Å². The zero-order chi connectivity index (χ0) is 20.0. The zero-order valence-corrected chi connectivity index (χ0v) is 16.6. The molecule has 1 N–H and O–H groups in total. The van der Waals surface area contributed by atoms with E-state index in [0.717, 1.165) is 0 Å². The van der Waals surface area contributed by atoms with Crippen LogP contribution in [0.2, 0.25) is 0 Å². The second-order valence-corrected chi connectivity index (χ2v) is 9.34. The zero-order valence-electron chi connectivity index (χ0n) is 15.7. The minimum Gasteiger partial charge on any atom is -0.464 e. The molecule has 28 heavy (non-hydrogen) atoms. The minimum atomic E-state index is -3.34. The fraction of sp³-hybridized carbons (Fsp3) is 0.174. The van der Waals surface area contributed by atoms with Crippen molar-refractivity contribution in [1.82, 2.24) is 0 Å². The van der Waals surface area contributed by atoms with Crippen LogP contribution in [-0.2, 0) is 19.7 Å². The summed E-state index contributed by atoms with van der Waals surface area (Å²) in [4.78, 5) is 12.8. The van der Waals surface area contributed by atoms with Gasteiger partial charge in [0.15, 0.2) is 5.60 Å². The van der Waals surface area contributed by atoms with Gasteiger partial charge in [-0.25, -0.2) is 4.79 Å². The Balaban J connectivity index is 2.17. The highest BCUT2D eigenvalue weighted by Crippen LogP contribution is 2.48. The second kappa shape index (κ2) is 8.55. The molecule has 3 aromatic rings. The maximum absolute atomic E-state index is 14.3. The van der Waals surface area contributed by atoms with Crippen molar-refractivity contribution in [3.05, 3.63) is 96.6 Å². The van der Waals surface area contributed by atoms with Gasteiger partial charge in [0.25, 0.3) is 0 Å². The topological polar surface area (TPSA) is 63.6 Å². The number of rotatable bonds is 7. The Kier molecular flexibility index (Phi) is 6.13. The Morgan fingerprint density at radius 2 is 1.29 bits per heavy atom. The molecule has 144 valence electrons. The average Bonchev–Trinajstić information content (AvgIpc) is 2.75. The maximum atomic E-state index is 14.3. The number of ether oxygens (including phenoxy) is 1. The highest BCUT2D eigenvalue weighted by molar-refractivity contribution is 7.78. The molecular weight excluding hydrogens is 371 g/mol. The molecular formula is C23H23O4P. The molecule has 0 amide bonds. The molecule has 0 heterocycles. The lowest BCUT2D eigenvalue weighted by Crippen LogP contribution is -2.43. The lowest BCUT2D eigenvalue weighted by Gasteiger charge is -2.31. The monoisotopic (exact) mass is 394 g/mol. The van der Waals surface area contributed by atoms with Crippen LogP contribution in [0.1, 0.15) is 12.5 Å². The second-order valence-electron chi connectivity index (χ2n) is 6.52. The highest BCUT2D eigenvalue weighted by atomic mass is 31.2. The van der Waals surface area contributed by atoms with Crippen molar-refractivity contribution in [2.24, 2.45) is 0 Å². The molecule has 0 aliphatic heterocycles. The SMILES string of the molecule is CCOC(=O)C(O)(CP(=O)(c1ccccc1)c1ccccc1)c1ccccc1. The van der Waals surface area contributed by atoms with E-state index in [2.05, 4.69) is 0 Å². The number of carbonyl (C=O) groups is 1. The first-order valence-electron chi connectivity index (χ1n) is 9.16. The van der Waals surface area contributed by atoms with Gasteiger partial charge in [-0.15, -0.1) is 0 Å². The van der Waals surface area contributed by atoms with Crippen molar-refractivity contribution < 1.29 is 19.2 Å². The van der Waals surface area contributed by atoms with E-state index < -0.39 is 18.7 Å². The van der Waals surface area contributed by atoms with Crippen LogP contribution in [0.15, 0.2) is 91.0 Å². The molecule has 0 fully saturated rings. The standard InChI is InChI=1S/C23H23O4P/c1-2-27-22(24)23(25,19-12-6-3-7-13-19)18-28(26,20-14-8-4-9-15-20)21-16-10-5-11-17-21/h3-17,25H,2,18H2,1H3. The lowest BCUT2D eigenvalue weighted by atomic mass is 9.96. The van der Waals surface area contributed by atoms with E-state index in [1.807, 2.05) is 12.1 Å². The number of hydrogen-bond donors (Lipinski definition) is 1. The van der Waals surface area contributed by atoms with Gasteiger partial charge >= 0.3 is 5.97 Å². The summed E-state index contributed by atoms with van der Waals surface area (Å²) in [7, 11) is -3.34. The van der Waals surface area contributed by atoms with E-state index in [9.17, 15) is 14.5 Å². The Hall–Kier alpha value is -2.68. The summed E-state index contributed by atoms with van der Waals surface area (Å²) in [5.41, 5.74) is -1.67. The summed E-state index contributed by atoms with van der Waals surface area (Å²) in [6.07, 6.45) is -0.281. The van der Waals surface area contributed by atoms with Crippen LogP contribution in [0.4, 0.5) is 0 Å². The van der Waals surface area contributed by atoms with Crippen molar-refractivity contribution in [3.63, 3.8) is 0 Å². The molecule has 0 saturated carbocycles. The first kappa shape index (κ1) is 20.1. The van der Waals surface area contributed by atoms with Crippen LogP contribution in [0.25, 0.3) is 0 Å². The predicted molar refractivity (Wildman–Crippen MR) is 112 cm³/mol. The largest absolute Gasteiger partial charge is 0.464 e. The summed E-state index contributed by atoms with van der Waals surface area (Å²) >= 11 is 0. The number of carbonyl (C=O) groups excluding carboxylic acids is 1. The van der Waals surface area contributed by atoms with E-state index >= 15 is 0 Å². The van der Waals surface area contributed by atoms with Crippen LogP contribution in [0, 0.1) is 0 Å². The van der Waals surface area contributed by atoms with Gasteiger partial charge in [0, 0.05) is 10.6 Å². The first-order valence-corrected chi connectivity index (χ1v) is 11.1. The van der Waals surface area contributed by atoms with Crippen LogP contribution in [0.5, 0.6) is 0 Å². The Labute approximate surface area is 165 Å². The van der Waals surface area contributed by atoms with E-state index in [-0.39, 0.29) is 12.8 Å². The van der Waals surface area contributed by atoms with E-state index in [4.69, 9.17) is 4.74 Å². The molecule has 0 saturated heterocycles. The number of esters is 1. The molecule has 0 spiro atoms. The summed E-state index contributed by atoms with van der Waals surface area (Å²) in [6, 6.07) is 26.5. The highest BCUT2D eigenvalue weighted by Gasteiger charge is 2.46. The number of benzene rings is 3. The number of aliphatic hydroxyl groups is 1. The first-order chi connectivity index (χ1) is 13.5. The summed E-state index contributed by atoms with van der Waals surface area (Å²) in [5.74, 6) is -0.798. The van der Waals surface area contributed by atoms with Crippen molar-refractivity contribution in [2.75, 3.05) is 12.8 Å². The van der Waals surface area contributed by atoms with E-state index in [1.54, 1.807) is 85.8 Å². The molecule has 0 bridgehead atoms. The van der Waals surface area contributed by atoms with Crippen molar-refractivity contribution >= 4 is 23.7 Å². The molecule has 0 aliphatic carbocycles. The van der Waals surface area contributed by atoms with Gasteiger partial charge in [0.2, 0.25) is 0 Å². The van der Waals surface area contributed by atoms with Crippen molar-refractivity contribution in [1.29, 1.82) is 0 Å². The lowest BCUT2D eigenvalue weighted by molar-refractivity contribution is -0.163. The average molecular weight is 394 g/mol. The third-order valence-corrected chi connectivity index (χ3v) is 7.83. The van der Waals surface area contributed by atoms with Crippen LogP contribution >= 0.6 is 7.14 Å². The minimum absolute atomic E-state index is 0.120. The molecule has 5 heteroatoms. The summed E-state index contributed by atoms with van der Waals surface area (Å²) < 4.78 is 19.5. The molecule has 0 aliphatic rings. The van der Waals surface area contributed by atoms with Gasteiger partial charge in [-0.3, -0.25) is 0 Å². The quantitative estimate of drug-likeness (QED) is 0.493. The van der Waals surface area contributed by atoms with Crippen molar-refractivity contribution in [3.8, 4) is 0 Å². The van der Waals surface area contributed by atoms with E-state index in [1.165, 1.54) is 0 Å². The van der Waals surface area contributed by atoms with Crippen molar-refractivity contribution in [2.45, 2.75) is 12.5 Å². The molecule has 3 aromatic carbocycles. The Morgan fingerprint density at radius 1 is 0.857 bits per heavy atom. The normalized spacial score (nSPS) is 13.5. The van der Waals surface area contributed by atoms with Gasteiger partial charge in [-0.2, -0.15) is 0 Å². The smallest absolute Gasteiger partial charge is 0.343 e. The van der Waals surface area contributed by atoms with Gasteiger partial charge in [-0.1, -0.05) is 91.0 Å². The maximum Gasteiger partial charge on any atom is 0.343 e. The van der Waals surface area contributed by atoms with Crippen LogP contribution in [0.3, 0.4) is 0 Å². The third-order valence-electron chi connectivity index (χ3n) is 4.66. The predicted octanol–water partition coefficient (Wildman–Crippen LogP) is 3.45. The molecule has 4 nitrogen and oxygen atoms in total. The van der Waals surface area contributed by atoms with Crippen LogP contribution in [-0.4, -0.2) is 23.8 Å². The molecule has 3 rings (SSSR count). The summed E-state index contributed by atoms with van der Waals surface area (Å²) in [5, 5.41) is 12.7. The number of hydrogen-bond acceptors (Lipinski definition) is 4. The van der Waals surface area contributed by atoms with Gasteiger partial charge in [-0.05, 0) is 12.5 Å². The Bertz CT molecular complexity index is 914. The van der Waals surface area contributed by atoms with Gasteiger partial charge in [0.05, 0.1) is 12.8 Å². The molecule has 1 atom stereocenters. The summed E-state index contributed by atoms with van der Waals surface area (Å²) in [6.45, 7) is 1.80. The van der Waals surface area contributed by atoms with Gasteiger partial charge < -0.3 is 14.4 Å². The Morgan fingerprint density at radius 3 is 1.71 bits per heavy atom. The fourth-order valence-corrected chi connectivity index (χ4v) is 6.16. The molecule has 0 radical (unpaired) electrons. The van der Waals surface area contributed by atoms with Gasteiger partial charge in [0.1, 0.15) is 7.14 Å². The third kappa shape index (κ3) is 3.94.